The maximum absolute atomic E-state index is 11.2. The molecule has 18 heavy (non-hydrogen) atoms. The molecule has 0 atom stereocenters. The topological polar surface area (TPSA) is 124 Å². The minimum atomic E-state index is -0.769. The van der Waals surface area contributed by atoms with Crippen LogP contribution in [0.15, 0.2) is 6.33 Å². The molecule has 2 rings (SSSR count). The third-order valence-corrected chi connectivity index (χ3v) is 4.14. The second-order valence-electron chi connectivity index (χ2n) is 3.98. The van der Waals surface area contributed by atoms with Gasteiger partial charge < -0.3 is 11.1 Å². The Morgan fingerprint density at radius 1 is 1.44 bits per heavy atom. The van der Waals surface area contributed by atoms with Gasteiger partial charge in [0.2, 0.25) is 11.6 Å². The van der Waals surface area contributed by atoms with E-state index in [1.165, 1.54) is 6.33 Å². The lowest BCUT2D eigenvalue weighted by Crippen LogP contribution is -2.30. The first-order chi connectivity index (χ1) is 8.58. The molecule has 1 aromatic rings. The van der Waals surface area contributed by atoms with Crippen LogP contribution in [-0.4, -0.2) is 36.6 Å². The summed E-state index contributed by atoms with van der Waals surface area (Å²) in [6, 6.07) is 0.0377. The fourth-order valence-electron chi connectivity index (χ4n) is 1.81. The van der Waals surface area contributed by atoms with Crippen LogP contribution in [0.4, 0.5) is 17.3 Å². The molecule has 0 saturated carbocycles. The van der Waals surface area contributed by atoms with Crippen molar-refractivity contribution in [2.75, 3.05) is 22.6 Å². The van der Waals surface area contributed by atoms with Gasteiger partial charge in [0, 0.05) is 28.3 Å². The van der Waals surface area contributed by atoms with E-state index in [4.69, 9.17) is 5.73 Å². The summed E-state index contributed by atoms with van der Waals surface area (Å²) in [5, 5.41) is 13.9. The summed E-state index contributed by atoms with van der Waals surface area (Å²) in [6.07, 6.45) is 2.59. The van der Waals surface area contributed by atoms with Gasteiger partial charge in [-0.1, -0.05) is 0 Å². The predicted molar refractivity (Wildman–Crippen MR) is 67.6 cm³/mol. The summed E-state index contributed by atoms with van der Waals surface area (Å²) >= 11 is 0. The molecule has 0 amide bonds. The highest BCUT2D eigenvalue weighted by Crippen LogP contribution is 2.28. The standard InChI is InChI=1S/C9H13N5O3S/c10-8-7(14(15)16)9(12-5-11-8)13-6-1-3-18(17)4-2-6/h5-6H,1-4H2,(H3,10,11,12,13). The predicted octanol–water partition coefficient (Wildman–Crippen LogP) is 0.290. The molecular weight excluding hydrogens is 258 g/mol. The van der Waals surface area contributed by atoms with Crippen LogP contribution in [0, 0.1) is 10.1 Å². The molecule has 8 nitrogen and oxygen atoms in total. The summed E-state index contributed by atoms with van der Waals surface area (Å²) in [4.78, 5) is 17.8. The molecule has 1 aliphatic rings. The van der Waals surface area contributed by atoms with Gasteiger partial charge in [-0.05, 0) is 12.8 Å². The van der Waals surface area contributed by atoms with Crippen LogP contribution >= 0.6 is 0 Å². The number of rotatable bonds is 3. The maximum Gasteiger partial charge on any atom is 0.352 e. The third-order valence-electron chi connectivity index (χ3n) is 2.76. The second-order valence-corrected chi connectivity index (χ2v) is 5.68. The van der Waals surface area contributed by atoms with E-state index in [-0.39, 0.29) is 23.4 Å². The Balaban J connectivity index is 2.16. The Kier molecular flexibility index (Phi) is 3.70. The zero-order valence-corrected chi connectivity index (χ0v) is 10.4. The molecule has 1 saturated heterocycles. The first kappa shape index (κ1) is 12.7. The molecule has 0 unspecified atom stereocenters. The summed E-state index contributed by atoms with van der Waals surface area (Å²) in [6.45, 7) is 0. The molecule has 0 spiro atoms. The molecule has 1 aromatic heterocycles. The van der Waals surface area contributed by atoms with E-state index in [0.717, 1.165) is 0 Å². The summed E-state index contributed by atoms with van der Waals surface area (Å²) < 4.78 is 11.2. The van der Waals surface area contributed by atoms with Gasteiger partial charge in [0.25, 0.3) is 0 Å². The highest BCUT2D eigenvalue weighted by atomic mass is 32.2. The van der Waals surface area contributed by atoms with Crippen LogP contribution < -0.4 is 11.1 Å². The third kappa shape index (κ3) is 2.73. The van der Waals surface area contributed by atoms with Crippen LogP contribution in [0.1, 0.15) is 12.8 Å². The van der Waals surface area contributed by atoms with Crippen molar-refractivity contribution in [3.63, 3.8) is 0 Å². The van der Waals surface area contributed by atoms with Crippen LogP contribution in [0.2, 0.25) is 0 Å². The zero-order chi connectivity index (χ0) is 13.1. The van der Waals surface area contributed by atoms with Crippen LogP contribution in [-0.2, 0) is 10.8 Å². The molecule has 98 valence electrons. The zero-order valence-electron chi connectivity index (χ0n) is 9.54. The van der Waals surface area contributed by atoms with E-state index >= 15 is 0 Å². The normalized spacial score (nSPS) is 23.6. The van der Waals surface area contributed by atoms with Crippen molar-refractivity contribution in [2.45, 2.75) is 18.9 Å². The Morgan fingerprint density at radius 2 is 2.11 bits per heavy atom. The molecule has 0 bridgehead atoms. The minimum Gasteiger partial charge on any atom is -0.378 e. The number of hydrogen-bond donors (Lipinski definition) is 2. The SMILES string of the molecule is Nc1ncnc(NC2CCS(=O)CC2)c1[N+](=O)[O-]. The van der Waals surface area contributed by atoms with Crippen molar-refractivity contribution in [3.05, 3.63) is 16.4 Å². The van der Waals surface area contributed by atoms with Crippen LogP contribution in [0.25, 0.3) is 0 Å². The Morgan fingerprint density at radius 3 is 2.72 bits per heavy atom. The lowest BCUT2D eigenvalue weighted by atomic mass is 10.1. The largest absolute Gasteiger partial charge is 0.378 e. The first-order valence-corrected chi connectivity index (χ1v) is 6.93. The molecule has 2 heterocycles. The first-order valence-electron chi connectivity index (χ1n) is 5.44. The van der Waals surface area contributed by atoms with Crippen molar-refractivity contribution in [1.29, 1.82) is 0 Å². The van der Waals surface area contributed by atoms with Crippen molar-refractivity contribution in [1.82, 2.24) is 9.97 Å². The fraction of sp³-hybridized carbons (Fsp3) is 0.556. The molecule has 1 aliphatic heterocycles. The quantitative estimate of drug-likeness (QED) is 0.598. The van der Waals surface area contributed by atoms with E-state index in [1.807, 2.05) is 0 Å². The Hall–Kier alpha value is -1.77. The average Bonchev–Trinajstić information content (AvgIpc) is 2.32. The highest BCUT2D eigenvalue weighted by Gasteiger charge is 2.25. The number of aromatic nitrogens is 2. The van der Waals surface area contributed by atoms with Gasteiger partial charge in [-0.2, -0.15) is 0 Å². The van der Waals surface area contributed by atoms with Gasteiger partial charge in [0.15, 0.2) is 0 Å². The average molecular weight is 271 g/mol. The molecule has 0 aliphatic carbocycles. The monoisotopic (exact) mass is 271 g/mol. The molecule has 0 radical (unpaired) electrons. The molecule has 0 aromatic carbocycles. The number of nitro groups is 1. The van der Waals surface area contributed by atoms with Crippen LogP contribution in [0.5, 0.6) is 0 Å². The van der Waals surface area contributed by atoms with Gasteiger partial charge >= 0.3 is 5.69 Å². The smallest absolute Gasteiger partial charge is 0.352 e. The second kappa shape index (κ2) is 5.25. The van der Waals surface area contributed by atoms with E-state index in [9.17, 15) is 14.3 Å². The number of anilines is 2. The highest BCUT2D eigenvalue weighted by molar-refractivity contribution is 7.85. The minimum absolute atomic E-state index is 0.0377. The number of nitrogens with zero attached hydrogens (tertiary/aromatic N) is 3. The maximum atomic E-state index is 11.2. The number of hydrogen-bond acceptors (Lipinski definition) is 7. The molecule has 1 fully saturated rings. The summed E-state index contributed by atoms with van der Waals surface area (Å²) in [5.41, 5.74) is 5.17. The Labute approximate surface area is 106 Å². The lowest BCUT2D eigenvalue weighted by molar-refractivity contribution is -0.383. The van der Waals surface area contributed by atoms with Gasteiger partial charge in [-0.25, -0.2) is 9.97 Å². The molecular formula is C9H13N5O3S. The summed E-state index contributed by atoms with van der Waals surface area (Å²) in [7, 11) is -0.769. The number of nitrogens with one attached hydrogen (secondary N) is 1. The number of nitrogen functional groups attached to an aromatic ring is 1. The fourth-order valence-corrected chi connectivity index (χ4v) is 3.11. The van der Waals surface area contributed by atoms with Gasteiger partial charge in [0.1, 0.15) is 6.33 Å². The van der Waals surface area contributed by atoms with Gasteiger partial charge in [0.05, 0.1) is 4.92 Å². The van der Waals surface area contributed by atoms with E-state index in [0.29, 0.717) is 24.3 Å². The van der Waals surface area contributed by atoms with E-state index in [1.54, 1.807) is 0 Å². The lowest BCUT2D eigenvalue weighted by Gasteiger charge is -2.22. The van der Waals surface area contributed by atoms with Crippen molar-refractivity contribution < 1.29 is 9.13 Å². The van der Waals surface area contributed by atoms with E-state index < -0.39 is 15.7 Å². The summed E-state index contributed by atoms with van der Waals surface area (Å²) in [5.74, 6) is 1.18. The van der Waals surface area contributed by atoms with Crippen molar-refractivity contribution in [3.8, 4) is 0 Å². The van der Waals surface area contributed by atoms with Gasteiger partial charge in [-0.3, -0.25) is 14.3 Å². The van der Waals surface area contributed by atoms with Crippen molar-refractivity contribution >= 4 is 28.1 Å². The number of nitrogens with two attached hydrogens (primary N) is 1. The Bertz CT molecular complexity index is 485. The van der Waals surface area contributed by atoms with Gasteiger partial charge in [-0.15, -0.1) is 0 Å². The molecule has 9 heteroatoms. The van der Waals surface area contributed by atoms with E-state index in [2.05, 4.69) is 15.3 Å². The molecule has 3 N–H and O–H groups in total. The van der Waals surface area contributed by atoms with Crippen LogP contribution in [0.3, 0.4) is 0 Å². The van der Waals surface area contributed by atoms with Crippen molar-refractivity contribution in [2.24, 2.45) is 0 Å².